The first kappa shape index (κ1) is 12.7. The fraction of sp³-hybridized carbons (Fsp3) is 0.500. The number of benzene rings is 1. The Kier molecular flexibility index (Phi) is 4.43. The maximum atomic E-state index is 9.12. The second-order valence-electron chi connectivity index (χ2n) is 4.56. The van der Waals surface area contributed by atoms with E-state index in [0.29, 0.717) is 11.6 Å². The van der Waals surface area contributed by atoms with Crippen LogP contribution in [-0.4, -0.2) is 26.2 Å². The Labute approximate surface area is 108 Å². The highest BCUT2D eigenvalue weighted by atomic mass is 16.5. The molecule has 0 saturated carbocycles. The molecule has 1 heterocycles. The van der Waals surface area contributed by atoms with Gasteiger partial charge in [0.25, 0.3) is 0 Å². The number of nitrogens with one attached hydrogen (secondary N) is 2. The summed E-state index contributed by atoms with van der Waals surface area (Å²) < 4.78 is 5.20. The van der Waals surface area contributed by atoms with E-state index < -0.39 is 0 Å². The highest BCUT2D eigenvalue weighted by Crippen LogP contribution is 2.23. The summed E-state index contributed by atoms with van der Waals surface area (Å²) in [7, 11) is 1.64. The van der Waals surface area contributed by atoms with Crippen molar-refractivity contribution in [3.63, 3.8) is 0 Å². The van der Waals surface area contributed by atoms with Gasteiger partial charge in [0.15, 0.2) is 0 Å². The highest BCUT2D eigenvalue weighted by molar-refractivity contribution is 5.60. The zero-order valence-electron chi connectivity index (χ0n) is 10.7. The molecular weight excluding hydrogens is 226 g/mol. The number of methoxy groups -OCH3 is 1. The number of nitrogens with zero attached hydrogens (tertiary/aromatic N) is 1. The van der Waals surface area contributed by atoms with Gasteiger partial charge >= 0.3 is 0 Å². The van der Waals surface area contributed by atoms with E-state index in [0.717, 1.165) is 30.9 Å². The Balaban J connectivity index is 2.13. The number of anilines is 1. The second kappa shape index (κ2) is 6.27. The van der Waals surface area contributed by atoms with Gasteiger partial charge < -0.3 is 15.4 Å². The molecule has 1 atom stereocenters. The van der Waals surface area contributed by atoms with Gasteiger partial charge in [-0.3, -0.25) is 0 Å². The molecule has 1 aliphatic rings. The molecule has 0 aliphatic carbocycles. The largest absolute Gasteiger partial charge is 0.497 e. The second-order valence-corrected chi connectivity index (χ2v) is 4.56. The van der Waals surface area contributed by atoms with E-state index in [1.807, 2.05) is 12.1 Å². The molecule has 1 aromatic carbocycles. The maximum absolute atomic E-state index is 9.12. The molecule has 0 radical (unpaired) electrons. The lowest BCUT2D eigenvalue weighted by Gasteiger charge is -2.19. The lowest BCUT2D eigenvalue weighted by Crippen LogP contribution is -2.31. The van der Waals surface area contributed by atoms with Gasteiger partial charge in [0.05, 0.1) is 18.4 Å². The molecule has 96 valence electrons. The summed E-state index contributed by atoms with van der Waals surface area (Å²) in [5, 5.41) is 16.0. The molecule has 1 fully saturated rings. The molecule has 0 spiro atoms. The number of hydrogen-bond donors (Lipinski definition) is 2. The summed E-state index contributed by atoms with van der Waals surface area (Å²) in [5.41, 5.74) is 1.53. The van der Waals surface area contributed by atoms with Crippen molar-refractivity contribution < 1.29 is 4.74 Å². The summed E-state index contributed by atoms with van der Waals surface area (Å²) in [6, 6.07) is 8.10. The summed E-state index contributed by atoms with van der Waals surface area (Å²) in [6.07, 6.45) is 3.58. The van der Waals surface area contributed by atoms with Gasteiger partial charge in [-0.05, 0) is 31.5 Å². The van der Waals surface area contributed by atoms with Crippen molar-refractivity contribution in [1.82, 2.24) is 5.32 Å². The smallest absolute Gasteiger partial charge is 0.121 e. The van der Waals surface area contributed by atoms with Crippen LogP contribution in [0.3, 0.4) is 0 Å². The van der Waals surface area contributed by atoms with Crippen molar-refractivity contribution in [2.45, 2.75) is 25.3 Å². The van der Waals surface area contributed by atoms with Crippen molar-refractivity contribution in [2.75, 3.05) is 25.5 Å². The highest BCUT2D eigenvalue weighted by Gasteiger charge is 2.13. The van der Waals surface area contributed by atoms with Crippen LogP contribution in [0.4, 0.5) is 5.69 Å². The Morgan fingerprint density at radius 1 is 1.44 bits per heavy atom. The molecule has 1 aliphatic heterocycles. The van der Waals surface area contributed by atoms with Crippen LogP contribution < -0.4 is 15.4 Å². The first-order valence-electron chi connectivity index (χ1n) is 6.39. The van der Waals surface area contributed by atoms with E-state index in [2.05, 4.69) is 16.7 Å². The summed E-state index contributed by atoms with van der Waals surface area (Å²) in [5.74, 6) is 0.776. The number of hydrogen-bond acceptors (Lipinski definition) is 4. The maximum Gasteiger partial charge on any atom is 0.121 e. The summed E-state index contributed by atoms with van der Waals surface area (Å²) in [4.78, 5) is 0. The quantitative estimate of drug-likeness (QED) is 0.856. The minimum Gasteiger partial charge on any atom is -0.497 e. The van der Waals surface area contributed by atoms with Crippen molar-refractivity contribution >= 4 is 5.69 Å². The molecule has 4 nitrogen and oxygen atoms in total. The zero-order chi connectivity index (χ0) is 12.8. The SMILES string of the molecule is COc1ccc(C#N)c(NC2CCCCNC2)c1. The predicted molar refractivity (Wildman–Crippen MR) is 71.8 cm³/mol. The average Bonchev–Trinajstić information content (AvgIpc) is 2.67. The van der Waals surface area contributed by atoms with Gasteiger partial charge in [-0.2, -0.15) is 5.26 Å². The van der Waals surface area contributed by atoms with Crippen LogP contribution in [0.1, 0.15) is 24.8 Å². The molecule has 2 N–H and O–H groups in total. The number of ether oxygens (including phenoxy) is 1. The predicted octanol–water partition coefficient (Wildman–Crippen LogP) is 2.12. The third kappa shape index (κ3) is 3.14. The molecule has 0 aromatic heterocycles. The number of rotatable bonds is 3. The fourth-order valence-electron chi connectivity index (χ4n) is 2.23. The normalized spacial score (nSPS) is 19.7. The monoisotopic (exact) mass is 245 g/mol. The van der Waals surface area contributed by atoms with Gasteiger partial charge in [-0.25, -0.2) is 0 Å². The Morgan fingerprint density at radius 3 is 3.11 bits per heavy atom. The average molecular weight is 245 g/mol. The zero-order valence-corrected chi connectivity index (χ0v) is 10.7. The molecule has 1 unspecified atom stereocenters. The van der Waals surface area contributed by atoms with Gasteiger partial charge in [0.2, 0.25) is 0 Å². The van der Waals surface area contributed by atoms with E-state index in [4.69, 9.17) is 10.00 Å². The third-order valence-electron chi connectivity index (χ3n) is 3.25. The molecule has 0 amide bonds. The van der Waals surface area contributed by atoms with Crippen LogP contribution >= 0.6 is 0 Å². The Bertz CT molecular complexity index is 431. The van der Waals surface area contributed by atoms with Crippen LogP contribution in [-0.2, 0) is 0 Å². The van der Waals surface area contributed by atoms with Crippen LogP contribution in [0, 0.1) is 11.3 Å². The summed E-state index contributed by atoms with van der Waals surface area (Å²) >= 11 is 0. The van der Waals surface area contributed by atoms with Gasteiger partial charge in [0.1, 0.15) is 11.8 Å². The van der Waals surface area contributed by atoms with Crippen molar-refractivity contribution in [2.24, 2.45) is 0 Å². The topological polar surface area (TPSA) is 57.1 Å². The molecule has 0 bridgehead atoms. The van der Waals surface area contributed by atoms with Crippen molar-refractivity contribution in [3.8, 4) is 11.8 Å². The summed E-state index contributed by atoms with van der Waals surface area (Å²) in [6.45, 7) is 2.03. The van der Waals surface area contributed by atoms with Gasteiger partial charge in [0, 0.05) is 18.7 Å². The lowest BCUT2D eigenvalue weighted by molar-refractivity contribution is 0.415. The first-order chi connectivity index (χ1) is 8.83. The van der Waals surface area contributed by atoms with E-state index in [1.165, 1.54) is 12.8 Å². The van der Waals surface area contributed by atoms with E-state index in [9.17, 15) is 0 Å². The molecule has 2 rings (SSSR count). The number of nitriles is 1. The van der Waals surface area contributed by atoms with Gasteiger partial charge in [-0.1, -0.05) is 6.42 Å². The van der Waals surface area contributed by atoms with Crippen molar-refractivity contribution in [3.05, 3.63) is 23.8 Å². The van der Waals surface area contributed by atoms with Crippen molar-refractivity contribution in [1.29, 1.82) is 5.26 Å². The van der Waals surface area contributed by atoms with Crippen LogP contribution in [0.25, 0.3) is 0 Å². The molecule has 1 aromatic rings. The Hall–Kier alpha value is -1.73. The first-order valence-corrected chi connectivity index (χ1v) is 6.39. The standard InChI is InChI=1S/C14H19N3O/c1-18-13-6-5-11(9-15)14(8-13)17-12-4-2-3-7-16-10-12/h5-6,8,12,16-17H,2-4,7,10H2,1H3. The third-order valence-corrected chi connectivity index (χ3v) is 3.25. The van der Waals surface area contributed by atoms with Crippen LogP contribution in [0.2, 0.25) is 0 Å². The van der Waals surface area contributed by atoms with Gasteiger partial charge in [-0.15, -0.1) is 0 Å². The molecular formula is C14H19N3O. The minimum atomic E-state index is 0.381. The fourth-order valence-corrected chi connectivity index (χ4v) is 2.23. The Morgan fingerprint density at radius 2 is 2.33 bits per heavy atom. The molecule has 18 heavy (non-hydrogen) atoms. The van der Waals surface area contributed by atoms with E-state index in [1.54, 1.807) is 13.2 Å². The van der Waals surface area contributed by atoms with Crippen LogP contribution in [0.15, 0.2) is 18.2 Å². The molecule has 4 heteroatoms. The van der Waals surface area contributed by atoms with E-state index >= 15 is 0 Å². The molecule has 1 saturated heterocycles. The van der Waals surface area contributed by atoms with E-state index in [-0.39, 0.29) is 0 Å². The lowest BCUT2D eigenvalue weighted by atomic mass is 10.1. The minimum absolute atomic E-state index is 0.381. The van der Waals surface area contributed by atoms with Crippen LogP contribution in [0.5, 0.6) is 5.75 Å².